The van der Waals surface area contributed by atoms with Gasteiger partial charge in [-0.3, -0.25) is 4.79 Å². The van der Waals surface area contributed by atoms with Crippen molar-refractivity contribution in [3.63, 3.8) is 0 Å². The topological polar surface area (TPSA) is 38.8 Å². The molecule has 1 saturated heterocycles. The van der Waals surface area contributed by atoms with Crippen LogP contribution in [0.3, 0.4) is 0 Å². The Kier molecular flexibility index (Phi) is 5.48. The third-order valence-electron chi connectivity index (χ3n) is 3.40. The molecule has 0 atom stereocenters. The molecule has 1 fully saturated rings. The number of morpholine rings is 1. The Balaban J connectivity index is 1.68. The van der Waals surface area contributed by atoms with Gasteiger partial charge in [0.25, 0.3) is 0 Å². The van der Waals surface area contributed by atoms with Gasteiger partial charge in [0.2, 0.25) is 5.91 Å². The number of benzene rings is 1. The first-order valence-corrected chi connectivity index (χ1v) is 7.64. The van der Waals surface area contributed by atoms with Gasteiger partial charge in [0.05, 0.1) is 18.8 Å². The van der Waals surface area contributed by atoms with Gasteiger partial charge in [0.1, 0.15) is 5.75 Å². The van der Waals surface area contributed by atoms with Crippen LogP contribution >= 0.6 is 11.6 Å². The molecule has 0 radical (unpaired) electrons. The van der Waals surface area contributed by atoms with Crippen LogP contribution in [0, 0.1) is 0 Å². The summed E-state index contributed by atoms with van der Waals surface area (Å²) in [5, 5.41) is 0.687. The Morgan fingerprint density at radius 3 is 2.76 bits per heavy atom. The van der Waals surface area contributed by atoms with Gasteiger partial charge >= 0.3 is 0 Å². The summed E-state index contributed by atoms with van der Waals surface area (Å²) in [5.74, 6) is 0.949. The minimum absolute atomic E-state index is 0.172. The largest absolute Gasteiger partial charge is 0.494 e. The molecule has 0 bridgehead atoms. The summed E-state index contributed by atoms with van der Waals surface area (Å²) >= 11 is 5.81. The molecule has 1 heterocycles. The first-order valence-electron chi connectivity index (χ1n) is 7.26. The summed E-state index contributed by atoms with van der Waals surface area (Å²) in [6, 6.07) is 7.24. The van der Waals surface area contributed by atoms with Gasteiger partial charge < -0.3 is 14.4 Å². The molecule has 21 heavy (non-hydrogen) atoms. The maximum absolute atomic E-state index is 12.1. The Labute approximate surface area is 131 Å². The zero-order chi connectivity index (χ0) is 15.3. The van der Waals surface area contributed by atoms with Crippen LogP contribution in [0.25, 0.3) is 0 Å². The molecular weight excluding hydrogens is 290 g/mol. The number of halogens is 1. The van der Waals surface area contributed by atoms with Gasteiger partial charge in [0.15, 0.2) is 0 Å². The second kappa shape index (κ2) is 7.14. The minimum Gasteiger partial charge on any atom is -0.494 e. The van der Waals surface area contributed by atoms with Gasteiger partial charge in [-0.15, -0.1) is 0 Å². The molecule has 1 aliphatic rings. The SMILES string of the molecule is CC1(C)CN(C(=O)CCCOc2ccc(Cl)cc2)CCO1. The average molecular weight is 312 g/mol. The number of carbonyl (C=O) groups is 1. The van der Waals surface area contributed by atoms with Crippen LogP contribution in [-0.2, 0) is 9.53 Å². The van der Waals surface area contributed by atoms with Crippen LogP contribution in [0.4, 0.5) is 0 Å². The van der Waals surface area contributed by atoms with E-state index >= 15 is 0 Å². The molecule has 5 heteroatoms. The molecule has 1 aromatic carbocycles. The van der Waals surface area contributed by atoms with Gasteiger partial charge in [-0.05, 0) is 44.5 Å². The summed E-state index contributed by atoms with van der Waals surface area (Å²) in [7, 11) is 0. The molecule has 1 aliphatic heterocycles. The predicted molar refractivity (Wildman–Crippen MR) is 82.8 cm³/mol. The van der Waals surface area contributed by atoms with E-state index in [1.165, 1.54) is 0 Å². The van der Waals surface area contributed by atoms with Crippen molar-refractivity contribution in [2.24, 2.45) is 0 Å². The zero-order valence-electron chi connectivity index (χ0n) is 12.6. The smallest absolute Gasteiger partial charge is 0.222 e. The van der Waals surface area contributed by atoms with Crippen molar-refractivity contribution in [2.45, 2.75) is 32.3 Å². The standard InChI is InChI=1S/C16H22ClNO3/c1-16(2)12-18(9-11-21-16)15(19)4-3-10-20-14-7-5-13(17)6-8-14/h5-8H,3-4,9-12H2,1-2H3. The van der Waals surface area contributed by atoms with Crippen molar-refractivity contribution >= 4 is 17.5 Å². The molecule has 1 aromatic rings. The van der Waals surface area contributed by atoms with Gasteiger partial charge in [0, 0.05) is 24.5 Å². The highest BCUT2D eigenvalue weighted by Crippen LogP contribution is 2.18. The van der Waals surface area contributed by atoms with Crippen molar-refractivity contribution in [2.75, 3.05) is 26.3 Å². The van der Waals surface area contributed by atoms with E-state index < -0.39 is 0 Å². The lowest BCUT2D eigenvalue weighted by atomic mass is 10.1. The fourth-order valence-electron chi connectivity index (χ4n) is 2.33. The molecule has 4 nitrogen and oxygen atoms in total. The quantitative estimate of drug-likeness (QED) is 0.784. The highest BCUT2D eigenvalue weighted by atomic mass is 35.5. The van der Waals surface area contributed by atoms with E-state index in [1.54, 1.807) is 12.1 Å². The summed E-state index contributed by atoms with van der Waals surface area (Å²) in [6.07, 6.45) is 1.21. The molecule has 0 N–H and O–H groups in total. The Bertz CT molecular complexity index is 473. The first-order chi connectivity index (χ1) is 9.96. The van der Waals surface area contributed by atoms with Crippen molar-refractivity contribution in [3.8, 4) is 5.75 Å². The number of hydrogen-bond acceptors (Lipinski definition) is 3. The maximum atomic E-state index is 12.1. The van der Waals surface area contributed by atoms with Crippen molar-refractivity contribution in [1.29, 1.82) is 0 Å². The van der Waals surface area contributed by atoms with E-state index in [0.717, 1.165) is 5.75 Å². The Hall–Kier alpha value is -1.26. The third kappa shape index (κ3) is 5.21. The second-order valence-corrected chi connectivity index (χ2v) is 6.27. The minimum atomic E-state index is -0.242. The highest BCUT2D eigenvalue weighted by Gasteiger charge is 2.29. The highest BCUT2D eigenvalue weighted by molar-refractivity contribution is 6.30. The molecule has 2 rings (SSSR count). The van der Waals surface area contributed by atoms with E-state index in [-0.39, 0.29) is 11.5 Å². The van der Waals surface area contributed by atoms with E-state index in [9.17, 15) is 4.79 Å². The summed E-state index contributed by atoms with van der Waals surface area (Å²) in [4.78, 5) is 14.0. The maximum Gasteiger partial charge on any atom is 0.222 e. The number of hydrogen-bond donors (Lipinski definition) is 0. The van der Waals surface area contributed by atoms with Crippen LogP contribution in [0.1, 0.15) is 26.7 Å². The normalized spacial score (nSPS) is 17.6. The van der Waals surface area contributed by atoms with Crippen LogP contribution in [0.5, 0.6) is 5.75 Å². The average Bonchev–Trinajstić information content (AvgIpc) is 2.44. The second-order valence-electron chi connectivity index (χ2n) is 5.83. The van der Waals surface area contributed by atoms with Crippen LogP contribution < -0.4 is 4.74 Å². The molecule has 0 unspecified atom stereocenters. The van der Waals surface area contributed by atoms with E-state index in [2.05, 4.69) is 0 Å². The van der Waals surface area contributed by atoms with E-state index in [4.69, 9.17) is 21.1 Å². The summed E-state index contributed by atoms with van der Waals surface area (Å²) < 4.78 is 11.2. The van der Waals surface area contributed by atoms with Crippen LogP contribution in [-0.4, -0.2) is 42.7 Å². The van der Waals surface area contributed by atoms with E-state index in [0.29, 0.717) is 44.2 Å². The zero-order valence-corrected chi connectivity index (χ0v) is 13.4. The predicted octanol–water partition coefficient (Wildman–Crippen LogP) is 3.14. The molecule has 1 amide bonds. The summed E-state index contributed by atoms with van der Waals surface area (Å²) in [6.45, 7) is 6.50. The van der Waals surface area contributed by atoms with Crippen molar-refractivity contribution in [3.05, 3.63) is 29.3 Å². The fraction of sp³-hybridized carbons (Fsp3) is 0.562. The Morgan fingerprint density at radius 1 is 1.38 bits per heavy atom. The molecule has 0 aliphatic carbocycles. The van der Waals surface area contributed by atoms with Gasteiger partial charge in [-0.1, -0.05) is 11.6 Å². The summed E-state index contributed by atoms with van der Waals surface area (Å²) in [5.41, 5.74) is -0.242. The number of carbonyl (C=O) groups excluding carboxylic acids is 1. The molecular formula is C16H22ClNO3. The van der Waals surface area contributed by atoms with Gasteiger partial charge in [-0.2, -0.15) is 0 Å². The van der Waals surface area contributed by atoms with Crippen LogP contribution in [0.15, 0.2) is 24.3 Å². The monoisotopic (exact) mass is 311 g/mol. The number of nitrogens with zero attached hydrogens (tertiary/aromatic N) is 1. The molecule has 116 valence electrons. The lowest BCUT2D eigenvalue weighted by Gasteiger charge is -2.38. The number of rotatable bonds is 5. The van der Waals surface area contributed by atoms with E-state index in [1.807, 2.05) is 30.9 Å². The number of amides is 1. The van der Waals surface area contributed by atoms with Crippen molar-refractivity contribution in [1.82, 2.24) is 4.90 Å². The molecule has 0 spiro atoms. The first kappa shape index (κ1) is 16.1. The fourth-order valence-corrected chi connectivity index (χ4v) is 2.46. The lowest BCUT2D eigenvalue weighted by molar-refractivity contribution is -0.146. The van der Waals surface area contributed by atoms with Gasteiger partial charge in [-0.25, -0.2) is 0 Å². The molecule has 0 aromatic heterocycles. The molecule has 0 saturated carbocycles. The van der Waals surface area contributed by atoms with Crippen LogP contribution in [0.2, 0.25) is 5.02 Å². The van der Waals surface area contributed by atoms with Crippen molar-refractivity contribution < 1.29 is 14.3 Å². The lowest BCUT2D eigenvalue weighted by Crippen LogP contribution is -2.50. The Morgan fingerprint density at radius 2 is 2.10 bits per heavy atom. The third-order valence-corrected chi connectivity index (χ3v) is 3.65. The number of ether oxygens (including phenoxy) is 2.